The van der Waals surface area contributed by atoms with Crippen molar-refractivity contribution >= 4 is 28.4 Å². The average Bonchev–Trinajstić information content (AvgIpc) is 3.30. The maximum Gasteiger partial charge on any atom is 0.329 e. The molecule has 9 heteroatoms. The fraction of sp³-hybridized carbons (Fsp3) is 0.222. The summed E-state index contributed by atoms with van der Waals surface area (Å²) in [5.41, 5.74) is 1.60. The molecule has 0 bridgehead atoms. The Bertz CT molecular complexity index is 1550. The van der Waals surface area contributed by atoms with Crippen molar-refractivity contribution in [3.63, 3.8) is 0 Å². The van der Waals surface area contributed by atoms with Crippen LogP contribution in [0, 0.1) is 5.82 Å². The van der Waals surface area contributed by atoms with E-state index in [0.29, 0.717) is 40.1 Å². The second-order valence-electron chi connectivity index (χ2n) is 9.00. The SMILES string of the molecule is O=C(NC1CCN(Cc2ccc(F)cc2)C1)c1cc(Cn2c(=O)[nH]c(=O)c3ccccc32)ccc1Cl. The van der Waals surface area contributed by atoms with Gasteiger partial charge in [-0.25, -0.2) is 9.18 Å². The molecule has 7 nitrogen and oxygen atoms in total. The molecule has 1 aromatic heterocycles. The summed E-state index contributed by atoms with van der Waals surface area (Å²) in [4.78, 5) is 42.3. The van der Waals surface area contributed by atoms with Gasteiger partial charge in [0.1, 0.15) is 5.82 Å². The summed E-state index contributed by atoms with van der Waals surface area (Å²) >= 11 is 6.36. The second-order valence-corrected chi connectivity index (χ2v) is 9.40. The third-order valence-electron chi connectivity index (χ3n) is 6.45. The molecule has 0 aliphatic carbocycles. The lowest BCUT2D eigenvalue weighted by Crippen LogP contribution is -2.37. The normalized spacial score (nSPS) is 15.9. The van der Waals surface area contributed by atoms with E-state index in [1.807, 2.05) is 0 Å². The average molecular weight is 507 g/mol. The topological polar surface area (TPSA) is 87.2 Å². The number of H-pyrrole nitrogens is 1. The number of halogens is 2. The number of carbonyl (C=O) groups excluding carboxylic acids is 1. The maximum atomic E-state index is 13.2. The molecule has 184 valence electrons. The van der Waals surface area contributed by atoms with Gasteiger partial charge in [-0.1, -0.05) is 41.9 Å². The van der Waals surface area contributed by atoms with Gasteiger partial charge in [0.25, 0.3) is 11.5 Å². The number of hydrogen-bond acceptors (Lipinski definition) is 4. The van der Waals surface area contributed by atoms with E-state index < -0.39 is 11.2 Å². The number of aromatic nitrogens is 2. The predicted octanol–water partition coefficient (Wildman–Crippen LogP) is 3.53. The molecule has 4 aromatic rings. The summed E-state index contributed by atoms with van der Waals surface area (Å²) in [7, 11) is 0. The van der Waals surface area contributed by atoms with Gasteiger partial charge >= 0.3 is 5.69 Å². The predicted molar refractivity (Wildman–Crippen MR) is 137 cm³/mol. The molecule has 1 aliphatic rings. The molecule has 3 aromatic carbocycles. The van der Waals surface area contributed by atoms with Crippen LogP contribution in [0.5, 0.6) is 0 Å². The van der Waals surface area contributed by atoms with Gasteiger partial charge in [-0.2, -0.15) is 0 Å². The Morgan fingerprint density at radius 2 is 1.78 bits per heavy atom. The minimum absolute atomic E-state index is 0.0385. The summed E-state index contributed by atoms with van der Waals surface area (Å²) in [6.07, 6.45) is 0.795. The number of amides is 1. The third kappa shape index (κ3) is 5.10. The quantitative estimate of drug-likeness (QED) is 0.419. The molecule has 1 amide bonds. The zero-order chi connectivity index (χ0) is 25.2. The van der Waals surface area contributed by atoms with E-state index in [4.69, 9.17) is 11.6 Å². The molecular weight excluding hydrogens is 483 g/mol. The van der Waals surface area contributed by atoms with Crippen molar-refractivity contribution in [2.45, 2.75) is 25.6 Å². The molecule has 5 rings (SSSR count). The van der Waals surface area contributed by atoms with Gasteiger partial charge in [0.15, 0.2) is 0 Å². The fourth-order valence-electron chi connectivity index (χ4n) is 4.63. The molecule has 36 heavy (non-hydrogen) atoms. The Morgan fingerprint density at radius 1 is 1.03 bits per heavy atom. The number of aromatic amines is 1. The van der Waals surface area contributed by atoms with Crippen molar-refractivity contribution in [1.82, 2.24) is 19.8 Å². The van der Waals surface area contributed by atoms with Gasteiger partial charge in [-0.05, 0) is 53.9 Å². The first-order valence-electron chi connectivity index (χ1n) is 11.7. The van der Waals surface area contributed by atoms with Crippen molar-refractivity contribution < 1.29 is 9.18 Å². The van der Waals surface area contributed by atoms with Gasteiger partial charge < -0.3 is 5.32 Å². The van der Waals surface area contributed by atoms with E-state index in [0.717, 1.165) is 18.5 Å². The first kappa shape index (κ1) is 24.0. The number of hydrogen-bond donors (Lipinski definition) is 2. The monoisotopic (exact) mass is 506 g/mol. The zero-order valence-electron chi connectivity index (χ0n) is 19.3. The van der Waals surface area contributed by atoms with E-state index >= 15 is 0 Å². The first-order valence-corrected chi connectivity index (χ1v) is 12.0. The lowest BCUT2D eigenvalue weighted by Gasteiger charge is -2.17. The summed E-state index contributed by atoms with van der Waals surface area (Å²) in [6, 6.07) is 18.3. The summed E-state index contributed by atoms with van der Waals surface area (Å²) in [6.45, 7) is 2.35. The van der Waals surface area contributed by atoms with Gasteiger partial charge in [0.2, 0.25) is 0 Å². The first-order chi connectivity index (χ1) is 17.4. The van der Waals surface area contributed by atoms with Crippen LogP contribution in [0.2, 0.25) is 5.02 Å². The number of rotatable bonds is 6. The van der Waals surface area contributed by atoms with Crippen LogP contribution >= 0.6 is 11.6 Å². The van der Waals surface area contributed by atoms with Gasteiger partial charge in [-0.15, -0.1) is 0 Å². The van der Waals surface area contributed by atoms with Crippen LogP contribution in [0.15, 0.2) is 76.3 Å². The molecule has 1 unspecified atom stereocenters. The van der Waals surface area contributed by atoms with Crippen molar-refractivity contribution in [3.8, 4) is 0 Å². The largest absolute Gasteiger partial charge is 0.348 e. The smallest absolute Gasteiger partial charge is 0.329 e. The Labute approximate surface area is 211 Å². The molecule has 2 N–H and O–H groups in total. The summed E-state index contributed by atoms with van der Waals surface area (Å²) < 4.78 is 14.6. The molecule has 1 atom stereocenters. The lowest BCUT2D eigenvalue weighted by atomic mass is 10.1. The highest BCUT2D eigenvalue weighted by Gasteiger charge is 2.25. The van der Waals surface area contributed by atoms with Gasteiger partial charge in [-0.3, -0.25) is 24.0 Å². The molecule has 0 radical (unpaired) electrons. The van der Waals surface area contributed by atoms with Crippen LogP contribution in [0.4, 0.5) is 4.39 Å². The zero-order valence-corrected chi connectivity index (χ0v) is 20.1. The van der Waals surface area contributed by atoms with E-state index in [1.54, 1.807) is 54.6 Å². The minimum atomic E-state index is -0.521. The summed E-state index contributed by atoms with van der Waals surface area (Å²) in [5.74, 6) is -0.544. The maximum absolute atomic E-state index is 13.2. The number of nitrogens with one attached hydrogen (secondary N) is 2. The number of fused-ring (bicyclic) bond motifs is 1. The fourth-order valence-corrected chi connectivity index (χ4v) is 4.84. The van der Waals surface area contributed by atoms with Gasteiger partial charge in [0.05, 0.1) is 28.0 Å². The van der Waals surface area contributed by atoms with Crippen LogP contribution in [0.3, 0.4) is 0 Å². The number of likely N-dealkylation sites (tertiary alicyclic amines) is 1. The van der Waals surface area contributed by atoms with E-state index in [9.17, 15) is 18.8 Å². The van der Waals surface area contributed by atoms with Crippen molar-refractivity contribution in [1.29, 1.82) is 0 Å². The van der Waals surface area contributed by atoms with Crippen molar-refractivity contribution in [2.24, 2.45) is 0 Å². The van der Waals surface area contributed by atoms with Crippen LogP contribution in [0.25, 0.3) is 10.9 Å². The molecule has 0 saturated carbocycles. The lowest BCUT2D eigenvalue weighted by molar-refractivity contribution is 0.0937. The van der Waals surface area contributed by atoms with Crippen molar-refractivity contribution in [3.05, 3.63) is 115 Å². The van der Waals surface area contributed by atoms with E-state index in [2.05, 4.69) is 15.2 Å². The molecular formula is C27H24ClFN4O3. The molecule has 1 fully saturated rings. The minimum Gasteiger partial charge on any atom is -0.348 e. The molecule has 2 heterocycles. The highest BCUT2D eigenvalue weighted by molar-refractivity contribution is 6.33. The Kier molecular flexibility index (Phi) is 6.71. The summed E-state index contributed by atoms with van der Waals surface area (Å²) in [5, 5.41) is 3.79. The van der Waals surface area contributed by atoms with E-state index in [1.165, 1.54) is 16.7 Å². The molecule has 0 spiro atoms. The Hall–Kier alpha value is -3.75. The number of para-hydroxylation sites is 1. The van der Waals surface area contributed by atoms with Crippen LogP contribution < -0.4 is 16.6 Å². The second kappa shape index (κ2) is 10.1. The van der Waals surface area contributed by atoms with Gasteiger partial charge in [0, 0.05) is 25.7 Å². The molecule has 1 aliphatic heterocycles. The number of benzene rings is 3. The van der Waals surface area contributed by atoms with Crippen molar-refractivity contribution in [2.75, 3.05) is 13.1 Å². The van der Waals surface area contributed by atoms with Crippen LogP contribution in [-0.2, 0) is 13.1 Å². The molecule has 1 saturated heterocycles. The standard InChI is InChI=1S/C27H24ClFN4O3/c28-23-10-7-18(15-33-24-4-2-1-3-21(24)25(34)31-27(33)36)13-22(23)26(35)30-20-11-12-32(16-20)14-17-5-8-19(29)9-6-17/h1-10,13,20H,11-12,14-16H2,(H,30,35)(H,31,34,36). The van der Waals surface area contributed by atoms with E-state index in [-0.39, 0.29) is 24.3 Å². The van der Waals surface area contributed by atoms with Crippen LogP contribution in [-0.4, -0.2) is 39.5 Å². The third-order valence-corrected chi connectivity index (χ3v) is 6.78. The Morgan fingerprint density at radius 3 is 2.58 bits per heavy atom. The highest BCUT2D eigenvalue weighted by Crippen LogP contribution is 2.21. The van der Waals surface area contributed by atoms with Crippen LogP contribution in [0.1, 0.15) is 27.9 Å². The number of nitrogens with zero attached hydrogens (tertiary/aromatic N) is 2. The Balaban J connectivity index is 1.30. The highest BCUT2D eigenvalue weighted by atomic mass is 35.5. The number of carbonyl (C=O) groups is 1.